The number of carbonyl (C=O) groups is 1. The number of rotatable bonds is 5. The van der Waals surface area contributed by atoms with Crippen molar-refractivity contribution in [3.8, 4) is 5.75 Å². The van der Waals surface area contributed by atoms with E-state index in [1.165, 1.54) is 13.2 Å². The molecule has 0 radical (unpaired) electrons. The third-order valence-corrected chi connectivity index (χ3v) is 3.21. The van der Waals surface area contributed by atoms with E-state index in [1.54, 1.807) is 19.9 Å². The Kier molecular flexibility index (Phi) is 5.51. The highest BCUT2D eigenvalue weighted by molar-refractivity contribution is 6.32. The summed E-state index contributed by atoms with van der Waals surface area (Å²) in [5.41, 5.74) is 1.38. The van der Waals surface area contributed by atoms with E-state index in [0.29, 0.717) is 11.1 Å². The lowest BCUT2D eigenvalue weighted by atomic mass is 9.92. The molecule has 0 aliphatic heterocycles. The molecule has 1 atom stereocenters. The molecule has 1 unspecified atom stereocenters. The van der Waals surface area contributed by atoms with Crippen molar-refractivity contribution in [2.45, 2.75) is 26.4 Å². The second-order valence-corrected chi connectivity index (χ2v) is 4.67. The normalized spacial score (nSPS) is 12.2. The molecule has 0 amide bonds. The number of carbonyl (C=O) groups excluding carboxylic acids is 1. The number of aryl methyl sites for hydroxylation is 1. The minimum absolute atomic E-state index is 0.0600. The lowest BCUT2D eigenvalue weighted by Gasteiger charge is -2.17. The molecule has 0 aromatic heterocycles. The fourth-order valence-electron chi connectivity index (χ4n) is 1.75. The van der Waals surface area contributed by atoms with Crippen molar-refractivity contribution in [2.75, 3.05) is 7.11 Å². The molecule has 3 nitrogen and oxygen atoms in total. The van der Waals surface area contributed by atoms with E-state index < -0.39 is 12.6 Å². The third kappa shape index (κ3) is 3.70. The van der Waals surface area contributed by atoms with Crippen molar-refractivity contribution in [1.82, 2.24) is 0 Å². The molecule has 1 rings (SSSR count). The van der Waals surface area contributed by atoms with Gasteiger partial charge in [0.05, 0.1) is 12.1 Å². The van der Waals surface area contributed by atoms with Crippen molar-refractivity contribution in [3.05, 3.63) is 40.4 Å². The van der Waals surface area contributed by atoms with Gasteiger partial charge in [-0.1, -0.05) is 31.2 Å². The van der Waals surface area contributed by atoms with Gasteiger partial charge in [0.15, 0.2) is 0 Å². The molecular formula is C14H15ClF2O3. The SMILES string of the molecule is C=C(C(=O)OC)C(C)c1cc(C)c(OC(F)F)c(Cl)c1. The van der Waals surface area contributed by atoms with Crippen LogP contribution in [-0.2, 0) is 9.53 Å². The van der Waals surface area contributed by atoms with Crippen LogP contribution in [0.2, 0.25) is 5.02 Å². The Labute approximate surface area is 121 Å². The molecule has 1 aromatic carbocycles. The maximum Gasteiger partial charge on any atom is 0.387 e. The van der Waals surface area contributed by atoms with Crippen LogP contribution >= 0.6 is 11.6 Å². The number of alkyl halides is 2. The molecular weight excluding hydrogens is 290 g/mol. The number of hydrogen-bond acceptors (Lipinski definition) is 3. The Bertz CT molecular complexity index is 506. The lowest BCUT2D eigenvalue weighted by Crippen LogP contribution is -2.11. The van der Waals surface area contributed by atoms with Crippen LogP contribution in [0, 0.1) is 6.92 Å². The standard InChI is InChI=1S/C14H15ClF2O3/c1-7-5-10(8(2)9(3)13(18)19-4)6-11(15)12(7)20-14(16)17/h5-6,8,14H,3H2,1-2,4H3. The summed E-state index contributed by atoms with van der Waals surface area (Å²) in [6.45, 7) is 4.06. The molecule has 0 bridgehead atoms. The molecule has 0 saturated heterocycles. The maximum atomic E-state index is 12.3. The first-order valence-corrected chi connectivity index (χ1v) is 6.17. The number of benzene rings is 1. The van der Waals surface area contributed by atoms with Gasteiger partial charge in [0, 0.05) is 11.5 Å². The van der Waals surface area contributed by atoms with Crippen LogP contribution in [0.25, 0.3) is 0 Å². The first-order chi connectivity index (χ1) is 9.27. The monoisotopic (exact) mass is 304 g/mol. The summed E-state index contributed by atoms with van der Waals surface area (Å²) in [4.78, 5) is 11.4. The van der Waals surface area contributed by atoms with Gasteiger partial charge in [-0.25, -0.2) is 4.79 Å². The summed E-state index contributed by atoms with van der Waals surface area (Å²) in [6, 6.07) is 3.10. The van der Waals surface area contributed by atoms with Gasteiger partial charge in [-0.05, 0) is 24.1 Å². The quantitative estimate of drug-likeness (QED) is 0.607. The molecule has 1 aromatic rings. The van der Waals surface area contributed by atoms with Crippen LogP contribution in [-0.4, -0.2) is 19.7 Å². The Morgan fingerprint density at radius 2 is 2.00 bits per heavy atom. The summed E-state index contributed by atoms with van der Waals surface area (Å²) in [5.74, 6) is -0.945. The zero-order valence-corrected chi connectivity index (χ0v) is 12.1. The molecule has 0 aliphatic carbocycles. The van der Waals surface area contributed by atoms with Crippen LogP contribution in [0.4, 0.5) is 8.78 Å². The van der Waals surface area contributed by atoms with Crippen LogP contribution in [0.5, 0.6) is 5.75 Å². The zero-order valence-electron chi connectivity index (χ0n) is 11.4. The predicted molar refractivity (Wildman–Crippen MR) is 72.4 cm³/mol. The molecule has 0 fully saturated rings. The Balaban J connectivity index is 3.10. The summed E-state index contributed by atoms with van der Waals surface area (Å²) in [7, 11) is 1.26. The van der Waals surface area contributed by atoms with Gasteiger partial charge >= 0.3 is 12.6 Å². The fraction of sp³-hybridized carbons (Fsp3) is 0.357. The summed E-state index contributed by atoms with van der Waals surface area (Å²) >= 11 is 5.94. The van der Waals surface area contributed by atoms with Crippen LogP contribution in [0.1, 0.15) is 24.0 Å². The molecule has 0 N–H and O–H groups in total. The third-order valence-electron chi connectivity index (χ3n) is 2.93. The van der Waals surface area contributed by atoms with Gasteiger partial charge in [-0.3, -0.25) is 0 Å². The van der Waals surface area contributed by atoms with Crippen molar-refractivity contribution >= 4 is 17.6 Å². The first-order valence-electron chi connectivity index (χ1n) is 5.79. The molecule has 20 heavy (non-hydrogen) atoms. The second kappa shape index (κ2) is 6.70. The van der Waals surface area contributed by atoms with Crippen molar-refractivity contribution in [3.63, 3.8) is 0 Å². The van der Waals surface area contributed by atoms with E-state index in [0.717, 1.165) is 0 Å². The van der Waals surface area contributed by atoms with Gasteiger partial charge < -0.3 is 9.47 Å². The number of halogens is 3. The lowest BCUT2D eigenvalue weighted by molar-refractivity contribution is -0.136. The van der Waals surface area contributed by atoms with Gasteiger partial charge in [-0.2, -0.15) is 8.78 Å². The summed E-state index contributed by atoms with van der Waals surface area (Å²) < 4.78 is 33.5. The van der Waals surface area contributed by atoms with E-state index in [9.17, 15) is 13.6 Å². The van der Waals surface area contributed by atoms with E-state index in [2.05, 4.69) is 16.1 Å². The average Bonchev–Trinajstić information content (AvgIpc) is 2.39. The maximum absolute atomic E-state index is 12.3. The van der Waals surface area contributed by atoms with Gasteiger partial charge in [0.25, 0.3) is 0 Å². The second-order valence-electron chi connectivity index (χ2n) is 4.27. The molecule has 0 heterocycles. The van der Waals surface area contributed by atoms with Gasteiger partial charge in [-0.15, -0.1) is 0 Å². The van der Waals surface area contributed by atoms with E-state index in [1.807, 2.05) is 0 Å². The zero-order chi connectivity index (χ0) is 15.4. The molecule has 0 saturated carbocycles. The molecule has 0 spiro atoms. The average molecular weight is 305 g/mol. The van der Waals surface area contributed by atoms with Crippen molar-refractivity contribution < 1.29 is 23.0 Å². The summed E-state index contributed by atoms with van der Waals surface area (Å²) in [5, 5.41) is 0.0600. The highest BCUT2D eigenvalue weighted by Crippen LogP contribution is 2.35. The first kappa shape index (κ1) is 16.4. The van der Waals surface area contributed by atoms with Gasteiger partial charge in [0.1, 0.15) is 5.75 Å². The van der Waals surface area contributed by atoms with Crippen LogP contribution in [0.15, 0.2) is 24.3 Å². The van der Waals surface area contributed by atoms with E-state index >= 15 is 0 Å². The number of ether oxygens (including phenoxy) is 2. The predicted octanol–water partition coefficient (Wildman–Crippen LogP) is 4.08. The smallest absolute Gasteiger partial charge is 0.387 e. The van der Waals surface area contributed by atoms with Crippen molar-refractivity contribution in [2.24, 2.45) is 0 Å². The minimum atomic E-state index is -2.94. The highest BCUT2D eigenvalue weighted by atomic mass is 35.5. The van der Waals surface area contributed by atoms with Crippen LogP contribution in [0.3, 0.4) is 0 Å². The van der Waals surface area contributed by atoms with Gasteiger partial charge in [0.2, 0.25) is 0 Å². The Hall–Kier alpha value is -1.62. The number of esters is 1. The van der Waals surface area contributed by atoms with Crippen LogP contribution < -0.4 is 4.74 Å². The molecule has 110 valence electrons. The number of methoxy groups -OCH3 is 1. The fourth-order valence-corrected chi connectivity index (χ4v) is 2.07. The van der Waals surface area contributed by atoms with Crippen molar-refractivity contribution in [1.29, 1.82) is 0 Å². The summed E-state index contributed by atoms with van der Waals surface area (Å²) in [6.07, 6.45) is 0. The minimum Gasteiger partial charge on any atom is -0.466 e. The topological polar surface area (TPSA) is 35.5 Å². The van der Waals surface area contributed by atoms with E-state index in [4.69, 9.17) is 11.6 Å². The Morgan fingerprint density at radius 1 is 1.40 bits per heavy atom. The highest BCUT2D eigenvalue weighted by Gasteiger charge is 2.20. The molecule has 0 aliphatic rings. The van der Waals surface area contributed by atoms with E-state index in [-0.39, 0.29) is 22.3 Å². The molecule has 6 heteroatoms. The number of hydrogen-bond donors (Lipinski definition) is 0. The Morgan fingerprint density at radius 3 is 2.45 bits per heavy atom. The largest absolute Gasteiger partial charge is 0.466 e.